The van der Waals surface area contributed by atoms with E-state index >= 15 is 0 Å². The molecule has 0 bridgehead atoms. The number of thiazole rings is 1. The zero-order chi connectivity index (χ0) is 21.4. The van der Waals surface area contributed by atoms with Crippen molar-refractivity contribution in [1.29, 1.82) is 0 Å². The highest BCUT2D eigenvalue weighted by Gasteiger charge is 2.20. The summed E-state index contributed by atoms with van der Waals surface area (Å²) in [5.41, 5.74) is 4.47. The zero-order valence-electron chi connectivity index (χ0n) is 17.0. The van der Waals surface area contributed by atoms with Gasteiger partial charge >= 0.3 is 0 Å². The molecule has 2 N–H and O–H groups in total. The lowest BCUT2D eigenvalue weighted by molar-refractivity contribution is 0.184. The minimum absolute atomic E-state index is 0.238. The van der Waals surface area contributed by atoms with Gasteiger partial charge in [-0.15, -0.1) is 11.3 Å². The first-order valence-corrected chi connectivity index (χ1v) is 12.1. The molecule has 2 aromatic heterocycles. The Hall–Kier alpha value is -2.33. The van der Waals surface area contributed by atoms with Crippen molar-refractivity contribution in [3.8, 4) is 11.3 Å². The summed E-state index contributed by atoms with van der Waals surface area (Å²) < 4.78 is 33.7. The average Bonchev–Trinajstić information content (AvgIpc) is 3.28. The lowest BCUT2D eigenvalue weighted by atomic mass is 10.2. The molecule has 30 heavy (non-hydrogen) atoms. The Kier molecular flexibility index (Phi) is 7.92. The summed E-state index contributed by atoms with van der Waals surface area (Å²) in [7, 11) is -2.06. The van der Waals surface area contributed by atoms with Gasteiger partial charge in [0.2, 0.25) is 10.0 Å². The molecule has 0 saturated carbocycles. The number of anilines is 1. The lowest BCUT2D eigenvalue weighted by Gasteiger charge is -2.19. The van der Waals surface area contributed by atoms with Crippen molar-refractivity contribution in [3.05, 3.63) is 59.0 Å². The molecule has 0 radical (unpaired) electrons. The molecule has 0 saturated heterocycles. The Morgan fingerprint density at radius 3 is 2.80 bits per heavy atom. The summed E-state index contributed by atoms with van der Waals surface area (Å²) in [5, 5.41) is 5.23. The standard InChI is InChI=1S/C21H26N4O3S2/c1-3-5-18(25-30(26,27)19-7-4-6-16(10-19)13-28-2)12-23-21-11-17(8-9-22-21)20-14-29-15-24-20/h4,6-11,14-15,18,25H,3,5,12-13H2,1-2H3,(H,22,23). The van der Waals surface area contributed by atoms with Crippen molar-refractivity contribution >= 4 is 27.2 Å². The van der Waals surface area contributed by atoms with Gasteiger partial charge in [-0.1, -0.05) is 25.5 Å². The highest BCUT2D eigenvalue weighted by atomic mass is 32.2. The Morgan fingerprint density at radius 1 is 1.20 bits per heavy atom. The predicted molar refractivity (Wildman–Crippen MR) is 120 cm³/mol. The van der Waals surface area contributed by atoms with Crippen LogP contribution in [0.1, 0.15) is 25.3 Å². The van der Waals surface area contributed by atoms with Crippen LogP contribution in [0.3, 0.4) is 0 Å². The smallest absolute Gasteiger partial charge is 0.240 e. The number of pyridine rings is 1. The second kappa shape index (κ2) is 10.6. The third-order valence-electron chi connectivity index (χ3n) is 4.50. The number of hydrogen-bond donors (Lipinski definition) is 2. The van der Waals surface area contributed by atoms with Crippen molar-refractivity contribution in [2.24, 2.45) is 0 Å². The van der Waals surface area contributed by atoms with Crippen LogP contribution in [0.2, 0.25) is 0 Å². The summed E-state index contributed by atoms with van der Waals surface area (Å²) >= 11 is 1.54. The predicted octanol–water partition coefficient (Wildman–Crippen LogP) is 3.91. The average molecular weight is 447 g/mol. The third-order valence-corrected chi connectivity index (χ3v) is 6.60. The number of nitrogens with zero attached hydrogens (tertiary/aromatic N) is 2. The van der Waals surface area contributed by atoms with E-state index < -0.39 is 10.0 Å². The fourth-order valence-corrected chi connectivity index (χ4v) is 4.98. The summed E-state index contributed by atoms with van der Waals surface area (Å²) in [6, 6.07) is 10.4. The Balaban J connectivity index is 1.69. The number of aromatic nitrogens is 2. The number of methoxy groups -OCH3 is 1. The first kappa shape index (κ1) is 22.4. The number of nitrogens with one attached hydrogen (secondary N) is 2. The van der Waals surface area contributed by atoms with Crippen LogP contribution in [0, 0.1) is 0 Å². The van der Waals surface area contributed by atoms with Crippen LogP contribution in [0.15, 0.2) is 58.4 Å². The molecule has 0 aliphatic rings. The molecular weight excluding hydrogens is 420 g/mol. The number of hydrogen-bond acceptors (Lipinski definition) is 7. The third kappa shape index (κ3) is 6.09. The van der Waals surface area contributed by atoms with Crippen LogP contribution in [0.25, 0.3) is 11.3 Å². The van der Waals surface area contributed by atoms with Gasteiger partial charge in [0.15, 0.2) is 0 Å². The normalized spacial score (nSPS) is 12.6. The molecule has 7 nitrogen and oxygen atoms in total. The lowest BCUT2D eigenvalue weighted by Crippen LogP contribution is -2.39. The van der Waals surface area contributed by atoms with E-state index in [1.165, 1.54) is 11.3 Å². The van der Waals surface area contributed by atoms with Crippen LogP contribution in [0.4, 0.5) is 5.82 Å². The van der Waals surface area contributed by atoms with E-state index in [9.17, 15) is 8.42 Å². The van der Waals surface area contributed by atoms with Gasteiger partial charge in [0.05, 0.1) is 22.7 Å². The molecule has 2 heterocycles. The van der Waals surface area contributed by atoms with Gasteiger partial charge in [-0.25, -0.2) is 23.1 Å². The van der Waals surface area contributed by atoms with Crippen LogP contribution in [-0.2, 0) is 21.4 Å². The van der Waals surface area contributed by atoms with Crippen LogP contribution >= 0.6 is 11.3 Å². The first-order valence-electron chi connectivity index (χ1n) is 9.70. The Labute approximate surface area is 181 Å². The highest BCUT2D eigenvalue weighted by molar-refractivity contribution is 7.89. The zero-order valence-corrected chi connectivity index (χ0v) is 18.7. The van der Waals surface area contributed by atoms with E-state index in [0.717, 1.165) is 23.2 Å². The van der Waals surface area contributed by atoms with Gasteiger partial charge in [-0.05, 0) is 36.2 Å². The molecule has 1 aromatic carbocycles. The monoisotopic (exact) mass is 446 g/mol. The van der Waals surface area contributed by atoms with Gasteiger partial charge in [-0.3, -0.25) is 0 Å². The molecule has 1 atom stereocenters. The first-order chi connectivity index (χ1) is 14.5. The molecule has 0 aliphatic heterocycles. The molecule has 3 aromatic rings. The second-order valence-corrected chi connectivity index (χ2v) is 9.30. The van der Waals surface area contributed by atoms with Crippen LogP contribution in [-0.4, -0.2) is 38.1 Å². The van der Waals surface area contributed by atoms with Crippen molar-refractivity contribution in [2.75, 3.05) is 19.0 Å². The second-order valence-electron chi connectivity index (χ2n) is 6.87. The number of ether oxygens (including phenoxy) is 1. The van der Waals surface area contributed by atoms with Crippen molar-refractivity contribution in [2.45, 2.75) is 37.3 Å². The van der Waals surface area contributed by atoms with Gasteiger partial charge in [0.1, 0.15) is 5.82 Å². The summed E-state index contributed by atoms with van der Waals surface area (Å²) in [4.78, 5) is 8.90. The summed E-state index contributed by atoms with van der Waals surface area (Å²) in [6.45, 7) is 2.82. The van der Waals surface area contributed by atoms with E-state index in [4.69, 9.17) is 4.74 Å². The Bertz CT molecular complexity index is 1040. The maximum atomic E-state index is 12.9. The molecule has 0 aliphatic carbocycles. The van der Waals surface area contributed by atoms with Crippen molar-refractivity contribution < 1.29 is 13.2 Å². The maximum Gasteiger partial charge on any atom is 0.240 e. The highest BCUT2D eigenvalue weighted by Crippen LogP contribution is 2.21. The van der Waals surface area contributed by atoms with Crippen molar-refractivity contribution in [3.63, 3.8) is 0 Å². The molecule has 160 valence electrons. The van der Waals surface area contributed by atoms with Gasteiger partial charge in [0.25, 0.3) is 0 Å². The van der Waals surface area contributed by atoms with Gasteiger partial charge < -0.3 is 10.1 Å². The largest absolute Gasteiger partial charge is 0.380 e. The number of rotatable bonds is 11. The summed E-state index contributed by atoms with van der Waals surface area (Å²) in [5.74, 6) is 0.683. The molecule has 1 unspecified atom stereocenters. The maximum absolute atomic E-state index is 12.9. The molecule has 9 heteroatoms. The van der Waals surface area contributed by atoms with E-state index in [-0.39, 0.29) is 10.9 Å². The molecule has 0 spiro atoms. The Morgan fingerprint density at radius 2 is 2.07 bits per heavy atom. The van der Waals surface area contributed by atoms with Crippen LogP contribution < -0.4 is 10.0 Å². The number of sulfonamides is 1. The number of benzene rings is 1. The molecule has 0 amide bonds. The SMILES string of the molecule is CCCC(CNc1cc(-c2cscn2)ccn1)NS(=O)(=O)c1cccc(COC)c1. The fraction of sp³-hybridized carbons (Fsp3) is 0.333. The van der Waals surface area contributed by atoms with E-state index in [1.807, 2.05) is 30.5 Å². The molecular formula is C21H26N4O3S2. The van der Waals surface area contributed by atoms with E-state index in [2.05, 4.69) is 20.0 Å². The minimum Gasteiger partial charge on any atom is -0.380 e. The molecule has 0 fully saturated rings. The van der Waals surface area contributed by atoms with Crippen LogP contribution in [0.5, 0.6) is 0 Å². The molecule has 3 rings (SSSR count). The quantitative estimate of drug-likeness (QED) is 0.464. The van der Waals surface area contributed by atoms with Gasteiger partial charge in [0, 0.05) is 36.8 Å². The summed E-state index contributed by atoms with van der Waals surface area (Å²) in [6.07, 6.45) is 3.28. The van der Waals surface area contributed by atoms with E-state index in [0.29, 0.717) is 25.4 Å². The fourth-order valence-electron chi connectivity index (χ4n) is 3.08. The minimum atomic E-state index is -3.65. The van der Waals surface area contributed by atoms with E-state index in [1.54, 1.807) is 37.0 Å². The topological polar surface area (TPSA) is 93.2 Å². The van der Waals surface area contributed by atoms with Crippen molar-refractivity contribution in [1.82, 2.24) is 14.7 Å². The van der Waals surface area contributed by atoms with Gasteiger partial charge in [-0.2, -0.15) is 0 Å².